The maximum absolute atomic E-state index is 12.8. The van der Waals surface area contributed by atoms with Crippen LogP contribution in [0.25, 0.3) is 5.69 Å². The maximum Gasteiger partial charge on any atom is 0.364 e. The third kappa shape index (κ3) is 3.45. The van der Waals surface area contributed by atoms with Crippen LogP contribution in [0.15, 0.2) is 53.4 Å². The number of hydrogen-bond donors (Lipinski definition) is 0. The second-order valence-corrected chi connectivity index (χ2v) is 9.03. The van der Waals surface area contributed by atoms with E-state index in [1.54, 1.807) is 12.1 Å². The highest BCUT2D eigenvalue weighted by atomic mass is 32.2. The second kappa shape index (κ2) is 6.91. The fourth-order valence-electron chi connectivity index (χ4n) is 3.42. The largest absolute Gasteiger partial charge is 0.422 e. The van der Waals surface area contributed by atoms with Gasteiger partial charge < -0.3 is 4.74 Å². The molecule has 1 aromatic heterocycles. The number of carbonyl (C=O) groups excluding carboxylic acids is 1. The first-order valence-corrected chi connectivity index (χ1v) is 10.9. The van der Waals surface area contributed by atoms with Gasteiger partial charge in [0.25, 0.3) is 0 Å². The summed E-state index contributed by atoms with van der Waals surface area (Å²) in [5.41, 5.74) is 4.28. The number of esters is 1. The van der Waals surface area contributed by atoms with E-state index in [4.69, 9.17) is 4.74 Å². The molecule has 1 aliphatic carbocycles. The minimum absolute atomic E-state index is 0.105. The first kappa shape index (κ1) is 18.4. The molecule has 1 aliphatic rings. The highest BCUT2D eigenvalue weighted by Gasteiger charge is 2.28. The zero-order valence-electron chi connectivity index (χ0n) is 15.7. The van der Waals surface area contributed by atoms with Gasteiger partial charge in [-0.05, 0) is 56.5 Å². The van der Waals surface area contributed by atoms with Crippen molar-refractivity contribution in [1.82, 2.24) is 9.78 Å². The van der Waals surface area contributed by atoms with Gasteiger partial charge >= 0.3 is 5.97 Å². The molecule has 0 amide bonds. The van der Waals surface area contributed by atoms with Gasteiger partial charge in [-0.15, -0.1) is 0 Å². The molecule has 3 aromatic rings. The number of fused-ring (bicyclic) bond motifs is 1. The van der Waals surface area contributed by atoms with E-state index in [0.717, 1.165) is 48.0 Å². The van der Waals surface area contributed by atoms with Crippen LogP contribution in [0.1, 0.15) is 33.7 Å². The molecule has 0 fully saturated rings. The lowest BCUT2D eigenvalue weighted by Crippen LogP contribution is -2.12. The van der Waals surface area contributed by atoms with Gasteiger partial charge in [-0.2, -0.15) is 5.10 Å². The molecular weight excluding hydrogens is 376 g/mol. The molecule has 0 spiro atoms. The fraction of sp³-hybridized carbons (Fsp3) is 0.238. The first-order chi connectivity index (χ1) is 13.3. The zero-order chi connectivity index (χ0) is 19.9. The standard InChI is InChI=1S/C21H20N2O4S/c1-14-9-11-15(12-10-14)23-19-8-4-7-18(19)20(22-23)21(24)27-16-5-3-6-17(13-16)28(2,25)26/h3,5-6,9-13H,4,7-8H2,1-2H3. The second-order valence-electron chi connectivity index (χ2n) is 7.01. The van der Waals surface area contributed by atoms with E-state index >= 15 is 0 Å². The van der Waals surface area contributed by atoms with E-state index in [2.05, 4.69) is 5.10 Å². The van der Waals surface area contributed by atoms with Crippen molar-refractivity contribution in [2.24, 2.45) is 0 Å². The van der Waals surface area contributed by atoms with Gasteiger partial charge in [-0.1, -0.05) is 23.8 Å². The molecule has 7 heteroatoms. The van der Waals surface area contributed by atoms with Crippen molar-refractivity contribution in [3.05, 3.63) is 71.0 Å². The monoisotopic (exact) mass is 396 g/mol. The molecule has 0 saturated carbocycles. The summed E-state index contributed by atoms with van der Waals surface area (Å²) in [5.74, 6) is -0.390. The van der Waals surface area contributed by atoms with Gasteiger partial charge in [0.2, 0.25) is 0 Å². The molecule has 0 aliphatic heterocycles. The summed E-state index contributed by atoms with van der Waals surface area (Å²) in [6, 6.07) is 13.9. The minimum Gasteiger partial charge on any atom is -0.422 e. The molecule has 0 atom stereocenters. The quantitative estimate of drug-likeness (QED) is 0.499. The Morgan fingerprint density at radius 3 is 2.57 bits per heavy atom. The molecule has 0 bridgehead atoms. The number of rotatable bonds is 4. The summed E-state index contributed by atoms with van der Waals surface area (Å²) in [7, 11) is -3.38. The Kier molecular flexibility index (Phi) is 4.55. The molecule has 28 heavy (non-hydrogen) atoms. The summed E-state index contributed by atoms with van der Waals surface area (Å²) >= 11 is 0. The summed E-state index contributed by atoms with van der Waals surface area (Å²) < 4.78 is 30.7. The zero-order valence-corrected chi connectivity index (χ0v) is 16.5. The maximum atomic E-state index is 12.8. The van der Waals surface area contributed by atoms with Crippen LogP contribution in [-0.4, -0.2) is 30.4 Å². The van der Waals surface area contributed by atoms with E-state index in [1.165, 1.54) is 12.1 Å². The Morgan fingerprint density at radius 2 is 1.86 bits per heavy atom. The molecule has 2 aromatic carbocycles. The smallest absolute Gasteiger partial charge is 0.364 e. The predicted octanol–water partition coefficient (Wildman–Crippen LogP) is 3.29. The van der Waals surface area contributed by atoms with Gasteiger partial charge in [0.15, 0.2) is 15.5 Å². The normalized spacial score (nSPS) is 13.4. The van der Waals surface area contributed by atoms with Crippen LogP contribution in [0, 0.1) is 6.92 Å². The van der Waals surface area contributed by atoms with E-state index in [1.807, 2.05) is 35.9 Å². The van der Waals surface area contributed by atoms with Crippen LogP contribution in [0.2, 0.25) is 0 Å². The SMILES string of the molecule is Cc1ccc(-n2nc(C(=O)Oc3cccc(S(C)(=O)=O)c3)c3c2CCC3)cc1. The molecule has 6 nitrogen and oxygen atoms in total. The lowest BCUT2D eigenvalue weighted by Gasteiger charge is -2.06. The predicted molar refractivity (Wildman–Crippen MR) is 105 cm³/mol. The number of aryl methyl sites for hydroxylation is 1. The Bertz CT molecular complexity index is 1160. The average Bonchev–Trinajstić information content (AvgIpc) is 3.24. The van der Waals surface area contributed by atoms with Crippen molar-refractivity contribution in [2.75, 3.05) is 6.26 Å². The molecular formula is C21H20N2O4S. The van der Waals surface area contributed by atoms with Gasteiger partial charge in [0.1, 0.15) is 5.75 Å². The van der Waals surface area contributed by atoms with Gasteiger partial charge in [0, 0.05) is 17.5 Å². The average molecular weight is 396 g/mol. The summed E-state index contributed by atoms with van der Waals surface area (Å²) in [4.78, 5) is 12.9. The number of nitrogens with zero attached hydrogens (tertiary/aromatic N) is 2. The highest BCUT2D eigenvalue weighted by Crippen LogP contribution is 2.29. The molecule has 0 N–H and O–H groups in total. The molecule has 0 saturated heterocycles. The lowest BCUT2D eigenvalue weighted by molar-refractivity contribution is 0.0726. The third-order valence-electron chi connectivity index (χ3n) is 4.85. The topological polar surface area (TPSA) is 78.3 Å². The number of sulfone groups is 1. The molecule has 1 heterocycles. The van der Waals surface area contributed by atoms with Gasteiger partial charge in [0.05, 0.1) is 10.6 Å². The van der Waals surface area contributed by atoms with Crippen molar-refractivity contribution in [3.63, 3.8) is 0 Å². The molecule has 0 radical (unpaired) electrons. The van der Waals surface area contributed by atoms with E-state index in [0.29, 0.717) is 0 Å². The number of carbonyl (C=O) groups is 1. The van der Waals surface area contributed by atoms with Crippen LogP contribution in [-0.2, 0) is 22.7 Å². The number of hydrogen-bond acceptors (Lipinski definition) is 5. The summed E-state index contributed by atoms with van der Waals surface area (Å²) in [5, 5.41) is 4.52. The summed E-state index contributed by atoms with van der Waals surface area (Å²) in [6.07, 6.45) is 3.70. The Morgan fingerprint density at radius 1 is 1.11 bits per heavy atom. The van der Waals surface area contributed by atoms with Gasteiger partial charge in [-0.3, -0.25) is 0 Å². The van der Waals surface area contributed by atoms with Crippen molar-refractivity contribution >= 4 is 15.8 Å². The van der Waals surface area contributed by atoms with Crippen LogP contribution >= 0.6 is 0 Å². The molecule has 0 unspecified atom stereocenters. The van der Waals surface area contributed by atoms with E-state index in [9.17, 15) is 13.2 Å². The van der Waals surface area contributed by atoms with Crippen molar-refractivity contribution in [1.29, 1.82) is 0 Å². The minimum atomic E-state index is -3.38. The van der Waals surface area contributed by atoms with Crippen LogP contribution < -0.4 is 4.74 Å². The van der Waals surface area contributed by atoms with Crippen LogP contribution in [0.5, 0.6) is 5.75 Å². The fourth-order valence-corrected chi connectivity index (χ4v) is 4.08. The van der Waals surface area contributed by atoms with Crippen molar-refractivity contribution in [3.8, 4) is 11.4 Å². The lowest BCUT2D eigenvalue weighted by atomic mass is 10.2. The highest BCUT2D eigenvalue weighted by molar-refractivity contribution is 7.90. The van der Waals surface area contributed by atoms with Crippen LogP contribution in [0.4, 0.5) is 0 Å². The van der Waals surface area contributed by atoms with Crippen molar-refractivity contribution < 1.29 is 17.9 Å². The summed E-state index contributed by atoms with van der Waals surface area (Å²) in [6.45, 7) is 2.02. The van der Waals surface area contributed by atoms with Crippen molar-refractivity contribution in [2.45, 2.75) is 31.1 Å². The first-order valence-electron chi connectivity index (χ1n) is 9.03. The van der Waals surface area contributed by atoms with Gasteiger partial charge in [-0.25, -0.2) is 17.9 Å². The number of aromatic nitrogens is 2. The number of ether oxygens (including phenoxy) is 1. The Labute approximate surface area is 163 Å². The van der Waals surface area contributed by atoms with Crippen LogP contribution in [0.3, 0.4) is 0 Å². The molecule has 144 valence electrons. The third-order valence-corrected chi connectivity index (χ3v) is 5.96. The van der Waals surface area contributed by atoms with E-state index < -0.39 is 15.8 Å². The Balaban J connectivity index is 1.67. The Hall–Kier alpha value is -2.93. The molecule has 4 rings (SSSR count). The number of benzene rings is 2. The van der Waals surface area contributed by atoms with E-state index in [-0.39, 0.29) is 16.3 Å².